The molecule has 1 aromatic heterocycles. The monoisotopic (exact) mass is 383 g/mol. The van der Waals surface area contributed by atoms with E-state index in [4.69, 9.17) is 11.6 Å². The van der Waals surface area contributed by atoms with Crippen molar-refractivity contribution in [3.05, 3.63) is 64.4 Å². The van der Waals surface area contributed by atoms with Gasteiger partial charge in [-0.3, -0.25) is 4.98 Å². The molecule has 4 nitrogen and oxygen atoms in total. The van der Waals surface area contributed by atoms with Crippen LogP contribution in [0.5, 0.6) is 0 Å². The van der Waals surface area contributed by atoms with Gasteiger partial charge in [-0.15, -0.1) is 0 Å². The Hall–Kier alpha value is -2.07. The van der Waals surface area contributed by atoms with Crippen LogP contribution in [0.3, 0.4) is 0 Å². The summed E-state index contributed by atoms with van der Waals surface area (Å²) in [5.41, 5.74) is 4.07. The van der Waals surface area contributed by atoms with Crippen LogP contribution >= 0.6 is 11.6 Å². The fourth-order valence-electron chi connectivity index (χ4n) is 4.80. The lowest BCUT2D eigenvalue weighted by molar-refractivity contribution is -0.0455. The van der Waals surface area contributed by atoms with Crippen molar-refractivity contribution < 1.29 is 4.79 Å². The minimum Gasteiger partial charge on any atom is -0.335 e. The number of rotatable bonds is 5. The van der Waals surface area contributed by atoms with Crippen molar-refractivity contribution in [1.29, 1.82) is 0 Å². The van der Waals surface area contributed by atoms with Gasteiger partial charge in [0.05, 0.1) is 0 Å². The highest BCUT2D eigenvalue weighted by molar-refractivity contribution is 6.30. The number of nitrogens with one attached hydrogen (secondary N) is 2. The second-order valence-electron chi connectivity index (χ2n) is 8.28. The molecule has 1 spiro atoms. The third-order valence-electron chi connectivity index (χ3n) is 6.13. The molecule has 2 aromatic rings. The molecule has 2 N–H and O–H groups in total. The SMILES string of the molecule is Cc1ncccc1CC1CC2(C1)CC(NC(=O)NCc1ccc(Cl)cc1)C2. The Morgan fingerprint density at radius 1 is 1.19 bits per heavy atom. The smallest absolute Gasteiger partial charge is 0.315 e. The summed E-state index contributed by atoms with van der Waals surface area (Å²) in [5, 5.41) is 6.75. The van der Waals surface area contributed by atoms with Crippen molar-refractivity contribution >= 4 is 17.6 Å². The number of aryl methyl sites for hydroxylation is 1. The zero-order chi connectivity index (χ0) is 18.9. The maximum Gasteiger partial charge on any atom is 0.315 e. The molecule has 0 radical (unpaired) electrons. The van der Waals surface area contributed by atoms with Crippen LogP contribution in [0.4, 0.5) is 4.79 Å². The summed E-state index contributed by atoms with van der Waals surface area (Å²) in [6, 6.07) is 12.0. The molecule has 2 fully saturated rings. The lowest BCUT2D eigenvalue weighted by Crippen LogP contribution is -2.57. The highest BCUT2D eigenvalue weighted by atomic mass is 35.5. The van der Waals surface area contributed by atoms with Gasteiger partial charge in [0.1, 0.15) is 0 Å². The third kappa shape index (κ3) is 4.27. The molecule has 5 heteroatoms. The molecule has 2 saturated carbocycles. The quantitative estimate of drug-likeness (QED) is 0.789. The average Bonchev–Trinajstić information content (AvgIpc) is 2.59. The van der Waals surface area contributed by atoms with E-state index in [1.165, 1.54) is 18.4 Å². The van der Waals surface area contributed by atoms with E-state index in [0.29, 0.717) is 23.0 Å². The first-order valence-corrected chi connectivity index (χ1v) is 10.1. The number of benzene rings is 1. The van der Waals surface area contributed by atoms with Crippen LogP contribution in [0.25, 0.3) is 0 Å². The van der Waals surface area contributed by atoms with E-state index in [1.54, 1.807) is 0 Å². The molecule has 2 aliphatic rings. The van der Waals surface area contributed by atoms with E-state index in [-0.39, 0.29) is 6.03 Å². The molecule has 0 aliphatic heterocycles. The van der Waals surface area contributed by atoms with Crippen LogP contribution < -0.4 is 10.6 Å². The summed E-state index contributed by atoms with van der Waals surface area (Å²) >= 11 is 5.88. The Labute approximate surface area is 165 Å². The van der Waals surface area contributed by atoms with Gasteiger partial charge in [0.2, 0.25) is 0 Å². The van der Waals surface area contributed by atoms with Gasteiger partial charge < -0.3 is 10.6 Å². The number of amides is 2. The van der Waals surface area contributed by atoms with Crippen molar-refractivity contribution in [2.75, 3.05) is 0 Å². The van der Waals surface area contributed by atoms with Crippen LogP contribution in [0.15, 0.2) is 42.6 Å². The number of carbonyl (C=O) groups excluding carboxylic acids is 1. The van der Waals surface area contributed by atoms with Crippen LogP contribution in [-0.4, -0.2) is 17.1 Å². The molecule has 0 bridgehead atoms. The number of aromatic nitrogens is 1. The fraction of sp³-hybridized carbons (Fsp3) is 0.455. The summed E-state index contributed by atoms with van der Waals surface area (Å²) in [6.07, 6.45) is 7.80. The topological polar surface area (TPSA) is 54.0 Å². The van der Waals surface area contributed by atoms with E-state index in [2.05, 4.69) is 28.6 Å². The maximum atomic E-state index is 12.1. The van der Waals surface area contributed by atoms with Gasteiger partial charge in [-0.2, -0.15) is 0 Å². The largest absolute Gasteiger partial charge is 0.335 e. The first-order valence-electron chi connectivity index (χ1n) is 9.71. The molecule has 0 unspecified atom stereocenters. The lowest BCUT2D eigenvalue weighted by Gasteiger charge is -2.58. The van der Waals surface area contributed by atoms with Gasteiger partial charge >= 0.3 is 6.03 Å². The van der Waals surface area contributed by atoms with Crippen molar-refractivity contribution in [3.8, 4) is 0 Å². The first-order chi connectivity index (χ1) is 13.0. The Morgan fingerprint density at radius 3 is 2.63 bits per heavy atom. The number of urea groups is 1. The van der Waals surface area contributed by atoms with E-state index < -0.39 is 0 Å². The Bertz CT molecular complexity index is 807. The van der Waals surface area contributed by atoms with E-state index >= 15 is 0 Å². The Morgan fingerprint density at radius 2 is 1.93 bits per heavy atom. The zero-order valence-corrected chi connectivity index (χ0v) is 16.4. The van der Waals surface area contributed by atoms with Crippen molar-refractivity contribution in [2.24, 2.45) is 11.3 Å². The number of carbonyl (C=O) groups is 1. The number of pyridine rings is 1. The summed E-state index contributed by atoms with van der Waals surface area (Å²) in [5.74, 6) is 0.771. The summed E-state index contributed by atoms with van der Waals surface area (Å²) in [7, 11) is 0. The molecule has 0 atom stereocenters. The molecule has 27 heavy (non-hydrogen) atoms. The first kappa shape index (κ1) is 18.3. The Kier molecular flexibility index (Phi) is 5.09. The highest BCUT2D eigenvalue weighted by Gasteiger charge is 2.52. The second kappa shape index (κ2) is 7.51. The minimum atomic E-state index is -0.0772. The number of hydrogen-bond donors (Lipinski definition) is 2. The minimum absolute atomic E-state index is 0.0772. The van der Waals surface area contributed by atoms with Crippen molar-refractivity contribution in [2.45, 2.75) is 51.6 Å². The number of nitrogens with zero attached hydrogens (tertiary/aromatic N) is 1. The standard InChI is InChI=1S/C22H26ClN3O/c1-15-18(3-2-8-24-15)9-17-10-22(11-17)12-20(13-22)26-21(27)25-14-16-4-6-19(23)7-5-16/h2-8,17,20H,9-14H2,1H3,(H2,25,26,27). The fourth-order valence-corrected chi connectivity index (χ4v) is 4.92. The van der Waals surface area contributed by atoms with Crippen LogP contribution in [0, 0.1) is 18.3 Å². The van der Waals surface area contributed by atoms with Crippen LogP contribution in [0.1, 0.15) is 42.5 Å². The summed E-state index contributed by atoms with van der Waals surface area (Å²) < 4.78 is 0. The molecule has 1 aromatic carbocycles. The van der Waals surface area contributed by atoms with Gasteiger partial charge in [-0.1, -0.05) is 29.8 Å². The van der Waals surface area contributed by atoms with Gasteiger partial charge in [-0.25, -0.2) is 4.79 Å². The summed E-state index contributed by atoms with van der Waals surface area (Å²) in [4.78, 5) is 16.5. The number of hydrogen-bond acceptors (Lipinski definition) is 2. The molecule has 142 valence electrons. The van der Waals surface area contributed by atoms with E-state index in [0.717, 1.165) is 36.4 Å². The maximum absolute atomic E-state index is 12.1. The van der Waals surface area contributed by atoms with Gasteiger partial charge in [0.15, 0.2) is 0 Å². The third-order valence-corrected chi connectivity index (χ3v) is 6.38. The second-order valence-corrected chi connectivity index (χ2v) is 8.72. The van der Waals surface area contributed by atoms with Crippen LogP contribution in [-0.2, 0) is 13.0 Å². The van der Waals surface area contributed by atoms with Gasteiger partial charge in [0.25, 0.3) is 0 Å². The van der Waals surface area contributed by atoms with Crippen molar-refractivity contribution in [1.82, 2.24) is 15.6 Å². The van der Waals surface area contributed by atoms with Gasteiger partial charge in [0, 0.05) is 29.5 Å². The molecule has 1 heterocycles. The lowest BCUT2D eigenvalue weighted by atomic mass is 9.49. The molecule has 2 amide bonds. The molecule has 0 saturated heterocycles. The van der Waals surface area contributed by atoms with E-state index in [1.807, 2.05) is 36.5 Å². The average molecular weight is 384 g/mol. The van der Waals surface area contributed by atoms with Gasteiger partial charge in [-0.05, 0) is 79.7 Å². The molecular formula is C22H26ClN3O. The normalized spacial score (nSPS) is 26.1. The molecule has 2 aliphatic carbocycles. The highest BCUT2D eigenvalue weighted by Crippen LogP contribution is 2.59. The zero-order valence-electron chi connectivity index (χ0n) is 15.7. The molecular weight excluding hydrogens is 358 g/mol. The summed E-state index contributed by atoms with van der Waals surface area (Å²) in [6.45, 7) is 2.61. The van der Waals surface area contributed by atoms with Crippen LogP contribution in [0.2, 0.25) is 5.02 Å². The van der Waals surface area contributed by atoms with E-state index in [9.17, 15) is 4.79 Å². The number of halogens is 1. The van der Waals surface area contributed by atoms with Crippen molar-refractivity contribution in [3.63, 3.8) is 0 Å². The predicted octanol–water partition coefficient (Wildman–Crippen LogP) is 4.64. The Balaban J connectivity index is 1.16. The molecule has 4 rings (SSSR count). The predicted molar refractivity (Wildman–Crippen MR) is 108 cm³/mol.